The van der Waals surface area contributed by atoms with E-state index in [1.165, 1.54) is 11.3 Å². The molecule has 1 saturated carbocycles. The number of carboxylic acid groups (broad SMARTS) is 1. The zero-order valence-electron chi connectivity index (χ0n) is 8.33. The quantitative estimate of drug-likeness (QED) is 0.883. The van der Waals surface area contributed by atoms with Crippen molar-refractivity contribution in [1.29, 1.82) is 0 Å². The lowest BCUT2D eigenvalue weighted by Crippen LogP contribution is -2.07. The molecule has 16 heavy (non-hydrogen) atoms. The van der Waals surface area contributed by atoms with Gasteiger partial charge in [0.05, 0.1) is 11.6 Å². The van der Waals surface area contributed by atoms with E-state index in [0.717, 1.165) is 18.5 Å². The van der Waals surface area contributed by atoms with E-state index < -0.39 is 5.97 Å². The van der Waals surface area contributed by atoms with E-state index >= 15 is 0 Å². The fourth-order valence-electron chi connectivity index (χ4n) is 1.62. The largest absolute Gasteiger partial charge is 0.477 e. The SMILES string of the molecule is O=C(O)c1cc(-c2cscn2)nn1C1CC1. The number of aromatic carboxylic acids is 1. The molecular formula is C10H9N3O2S. The monoisotopic (exact) mass is 235 g/mol. The van der Waals surface area contributed by atoms with Crippen LogP contribution in [0, 0.1) is 0 Å². The molecule has 1 N–H and O–H groups in total. The van der Waals surface area contributed by atoms with Gasteiger partial charge in [0.1, 0.15) is 17.1 Å². The molecule has 82 valence electrons. The Labute approximate surface area is 95.4 Å². The molecule has 0 aromatic carbocycles. The maximum Gasteiger partial charge on any atom is 0.354 e. The minimum atomic E-state index is -0.930. The fourth-order valence-corrected chi connectivity index (χ4v) is 2.16. The summed E-state index contributed by atoms with van der Waals surface area (Å²) >= 11 is 1.47. The van der Waals surface area contributed by atoms with E-state index in [2.05, 4.69) is 10.1 Å². The second-order valence-corrected chi connectivity index (χ2v) is 4.49. The minimum Gasteiger partial charge on any atom is -0.477 e. The van der Waals surface area contributed by atoms with Crippen LogP contribution in [0.3, 0.4) is 0 Å². The van der Waals surface area contributed by atoms with Crippen molar-refractivity contribution in [2.45, 2.75) is 18.9 Å². The maximum absolute atomic E-state index is 11.1. The number of thiazole rings is 1. The second kappa shape index (κ2) is 3.41. The molecule has 1 aliphatic carbocycles. The number of aromatic nitrogens is 3. The molecule has 2 aromatic rings. The van der Waals surface area contributed by atoms with Crippen molar-refractivity contribution in [2.75, 3.05) is 0 Å². The molecule has 2 aromatic heterocycles. The molecule has 1 aliphatic rings. The van der Waals surface area contributed by atoms with Crippen molar-refractivity contribution < 1.29 is 9.90 Å². The molecule has 0 aliphatic heterocycles. The van der Waals surface area contributed by atoms with E-state index in [0.29, 0.717) is 5.69 Å². The summed E-state index contributed by atoms with van der Waals surface area (Å²) in [4.78, 5) is 15.2. The number of rotatable bonds is 3. The molecule has 5 nitrogen and oxygen atoms in total. The summed E-state index contributed by atoms with van der Waals surface area (Å²) in [6, 6.07) is 1.86. The van der Waals surface area contributed by atoms with Crippen LogP contribution in [0.5, 0.6) is 0 Å². The van der Waals surface area contributed by atoms with Crippen LogP contribution >= 0.6 is 11.3 Å². The fraction of sp³-hybridized carbons (Fsp3) is 0.300. The Hall–Kier alpha value is -1.69. The van der Waals surface area contributed by atoms with Crippen LogP contribution in [-0.2, 0) is 0 Å². The predicted octanol–water partition coefficient (Wildman–Crippen LogP) is 2.04. The van der Waals surface area contributed by atoms with Crippen molar-refractivity contribution in [3.8, 4) is 11.4 Å². The van der Waals surface area contributed by atoms with Crippen LogP contribution in [0.2, 0.25) is 0 Å². The average Bonchev–Trinajstić information content (AvgIpc) is 2.83. The molecule has 1 fully saturated rings. The number of hydrogen-bond acceptors (Lipinski definition) is 4. The van der Waals surface area contributed by atoms with Gasteiger partial charge in [-0.1, -0.05) is 0 Å². The lowest BCUT2D eigenvalue weighted by atomic mass is 10.3. The smallest absolute Gasteiger partial charge is 0.354 e. The first-order valence-electron chi connectivity index (χ1n) is 4.97. The first-order valence-corrected chi connectivity index (χ1v) is 5.91. The number of nitrogens with zero attached hydrogens (tertiary/aromatic N) is 3. The first kappa shape index (κ1) is 9.53. The summed E-state index contributed by atoms with van der Waals surface area (Å²) in [6.07, 6.45) is 2.02. The van der Waals surface area contributed by atoms with Crippen molar-refractivity contribution >= 4 is 17.3 Å². The zero-order valence-corrected chi connectivity index (χ0v) is 9.15. The highest BCUT2D eigenvalue weighted by Gasteiger charge is 2.29. The Morgan fingerprint density at radius 1 is 1.50 bits per heavy atom. The number of carbonyl (C=O) groups is 1. The summed E-state index contributed by atoms with van der Waals surface area (Å²) in [7, 11) is 0. The van der Waals surface area contributed by atoms with Gasteiger partial charge in [-0.15, -0.1) is 11.3 Å². The summed E-state index contributed by atoms with van der Waals surface area (Å²) < 4.78 is 1.61. The average molecular weight is 235 g/mol. The van der Waals surface area contributed by atoms with E-state index in [1.807, 2.05) is 5.38 Å². The number of carboxylic acids is 1. The topological polar surface area (TPSA) is 68.0 Å². The van der Waals surface area contributed by atoms with Gasteiger partial charge in [-0.25, -0.2) is 9.78 Å². The summed E-state index contributed by atoms with van der Waals surface area (Å²) in [5.41, 5.74) is 3.36. The third-order valence-electron chi connectivity index (χ3n) is 2.54. The lowest BCUT2D eigenvalue weighted by molar-refractivity contribution is 0.0683. The van der Waals surface area contributed by atoms with Crippen LogP contribution in [0.4, 0.5) is 0 Å². The van der Waals surface area contributed by atoms with Gasteiger partial charge < -0.3 is 5.11 Å². The van der Waals surface area contributed by atoms with Crippen LogP contribution < -0.4 is 0 Å². The van der Waals surface area contributed by atoms with Gasteiger partial charge in [0, 0.05) is 11.4 Å². The molecular weight excluding hydrogens is 226 g/mol. The van der Waals surface area contributed by atoms with E-state index in [4.69, 9.17) is 5.11 Å². The van der Waals surface area contributed by atoms with Crippen molar-refractivity contribution in [3.63, 3.8) is 0 Å². The molecule has 0 bridgehead atoms. The molecule has 0 radical (unpaired) electrons. The molecule has 0 amide bonds. The highest BCUT2D eigenvalue weighted by molar-refractivity contribution is 7.07. The summed E-state index contributed by atoms with van der Waals surface area (Å²) in [5.74, 6) is -0.930. The Balaban J connectivity index is 2.08. The van der Waals surface area contributed by atoms with Gasteiger partial charge >= 0.3 is 5.97 Å². The molecule has 0 unspecified atom stereocenters. The molecule has 0 saturated heterocycles. The summed E-state index contributed by atoms with van der Waals surface area (Å²) in [5, 5.41) is 15.3. The van der Waals surface area contributed by atoms with Crippen LogP contribution in [0.15, 0.2) is 17.0 Å². The van der Waals surface area contributed by atoms with Gasteiger partial charge in [0.25, 0.3) is 0 Å². The Morgan fingerprint density at radius 3 is 2.88 bits per heavy atom. The third kappa shape index (κ3) is 1.51. The first-order chi connectivity index (χ1) is 7.75. The van der Waals surface area contributed by atoms with Crippen molar-refractivity contribution in [1.82, 2.24) is 14.8 Å². The highest BCUT2D eigenvalue weighted by Crippen LogP contribution is 2.36. The highest BCUT2D eigenvalue weighted by atomic mass is 32.1. The van der Waals surface area contributed by atoms with Crippen LogP contribution in [-0.4, -0.2) is 25.8 Å². The molecule has 3 rings (SSSR count). The van der Waals surface area contributed by atoms with E-state index in [1.54, 1.807) is 16.3 Å². The van der Waals surface area contributed by atoms with Crippen LogP contribution in [0.25, 0.3) is 11.4 Å². The standard InChI is InChI=1S/C10H9N3O2S/c14-10(15)9-3-7(8-4-16-5-11-8)12-13(9)6-1-2-6/h3-6H,1-2H2,(H,14,15). The normalized spacial score (nSPS) is 15.2. The van der Waals surface area contributed by atoms with Gasteiger partial charge in [-0.3, -0.25) is 4.68 Å². The predicted molar refractivity (Wildman–Crippen MR) is 58.6 cm³/mol. The molecule has 0 spiro atoms. The van der Waals surface area contributed by atoms with Crippen molar-refractivity contribution in [3.05, 3.63) is 22.7 Å². The van der Waals surface area contributed by atoms with Gasteiger partial charge in [-0.2, -0.15) is 5.10 Å². The van der Waals surface area contributed by atoms with Crippen molar-refractivity contribution in [2.24, 2.45) is 0 Å². The Kier molecular flexibility index (Phi) is 2.03. The summed E-state index contributed by atoms with van der Waals surface area (Å²) in [6.45, 7) is 0. The molecule has 0 atom stereocenters. The van der Waals surface area contributed by atoms with Gasteiger partial charge in [0.2, 0.25) is 0 Å². The Bertz CT molecular complexity index is 528. The molecule has 6 heteroatoms. The number of hydrogen-bond donors (Lipinski definition) is 1. The second-order valence-electron chi connectivity index (χ2n) is 3.77. The lowest BCUT2D eigenvalue weighted by Gasteiger charge is -1.99. The van der Waals surface area contributed by atoms with Crippen LogP contribution in [0.1, 0.15) is 29.4 Å². The minimum absolute atomic E-state index is 0.255. The third-order valence-corrected chi connectivity index (χ3v) is 3.13. The van der Waals surface area contributed by atoms with Gasteiger partial charge in [0.15, 0.2) is 0 Å². The zero-order chi connectivity index (χ0) is 11.1. The Morgan fingerprint density at radius 2 is 2.31 bits per heavy atom. The van der Waals surface area contributed by atoms with E-state index in [-0.39, 0.29) is 11.7 Å². The maximum atomic E-state index is 11.1. The van der Waals surface area contributed by atoms with E-state index in [9.17, 15) is 4.79 Å². The van der Waals surface area contributed by atoms with Gasteiger partial charge in [-0.05, 0) is 12.8 Å². The molecule has 2 heterocycles.